The normalized spacial score (nSPS) is 14.9. The average molecular weight is 441 g/mol. The lowest BCUT2D eigenvalue weighted by Gasteiger charge is -2.27. The highest BCUT2D eigenvalue weighted by atomic mass is 16.5. The van der Waals surface area contributed by atoms with Crippen molar-refractivity contribution in [1.82, 2.24) is 10.2 Å². The van der Waals surface area contributed by atoms with Crippen LogP contribution in [0.25, 0.3) is 11.3 Å². The number of phenolic OH excluding ortho intramolecular Hbond substituents is 1. The molecule has 7 heteroatoms. The lowest BCUT2D eigenvalue weighted by molar-refractivity contribution is 0.0988. The van der Waals surface area contributed by atoms with Gasteiger partial charge in [0.15, 0.2) is 11.5 Å². The molecule has 0 saturated heterocycles. The van der Waals surface area contributed by atoms with Gasteiger partial charge in [0, 0.05) is 36.6 Å². The Labute approximate surface area is 191 Å². The maximum absolute atomic E-state index is 13.6. The molecule has 0 spiro atoms. The zero-order valence-electron chi connectivity index (χ0n) is 18.6. The lowest BCUT2D eigenvalue weighted by Crippen LogP contribution is -2.29. The fraction of sp³-hybridized carbons (Fsp3) is 0.154. The van der Waals surface area contributed by atoms with Gasteiger partial charge in [-0.3, -0.25) is 14.8 Å². The minimum Gasteiger partial charge on any atom is -0.504 e. The van der Waals surface area contributed by atoms with Crippen LogP contribution in [0.1, 0.15) is 27.7 Å². The molecule has 0 bridgehead atoms. The first-order valence-electron chi connectivity index (χ1n) is 10.6. The number of anilines is 2. The molecule has 7 nitrogen and oxygen atoms in total. The van der Waals surface area contributed by atoms with E-state index in [2.05, 4.69) is 10.2 Å². The van der Waals surface area contributed by atoms with Crippen LogP contribution in [0.3, 0.4) is 0 Å². The maximum atomic E-state index is 13.6. The number of aromatic hydroxyl groups is 1. The molecule has 2 heterocycles. The van der Waals surface area contributed by atoms with Crippen LogP contribution in [-0.2, 0) is 0 Å². The molecule has 5 rings (SSSR count). The first-order valence-corrected chi connectivity index (χ1v) is 10.6. The van der Waals surface area contributed by atoms with Gasteiger partial charge in [-0.2, -0.15) is 5.10 Å². The number of phenols is 1. The number of carbonyl (C=O) groups excluding carboxylic acids is 1. The molecular weight excluding hydrogens is 416 g/mol. The molecule has 1 aromatic heterocycles. The minimum atomic E-state index is -0.443. The molecule has 33 heavy (non-hydrogen) atoms. The van der Waals surface area contributed by atoms with E-state index < -0.39 is 6.04 Å². The summed E-state index contributed by atoms with van der Waals surface area (Å²) >= 11 is 0. The number of nitrogens with zero attached hydrogens (tertiary/aromatic N) is 3. The van der Waals surface area contributed by atoms with Gasteiger partial charge in [0.25, 0.3) is 5.91 Å². The Hall–Kier alpha value is -4.26. The maximum Gasteiger partial charge on any atom is 0.277 e. The fourth-order valence-corrected chi connectivity index (χ4v) is 4.32. The van der Waals surface area contributed by atoms with Crippen LogP contribution in [-0.4, -0.2) is 42.4 Å². The molecule has 166 valence electrons. The number of H-pyrrole nitrogens is 1. The van der Waals surface area contributed by atoms with Gasteiger partial charge in [-0.25, -0.2) is 0 Å². The molecule has 0 saturated carbocycles. The van der Waals surface area contributed by atoms with E-state index >= 15 is 0 Å². The van der Waals surface area contributed by atoms with Gasteiger partial charge in [0.05, 0.1) is 18.8 Å². The van der Waals surface area contributed by atoms with Crippen molar-refractivity contribution < 1.29 is 14.6 Å². The van der Waals surface area contributed by atoms with E-state index in [0.717, 1.165) is 33.8 Å². The number of hydrogen-bond acceptors (Lipinski definition) is 5. The van der Waals surface area contributed by atoms with Crippen LogP contribution in [0.15, 0.2) is 72.8 Å². The van der Waals surface area contributed by atoms with Crippen LogP contribution in [0.4, 0.5) is 11.4 Å². The molecule has 1 atom stereocenters. The molecule has 4 aromatic rings. The van der Waals surface area contributed by atoms with E-state index in [1.54, 1.807) is 17.0 Å². The quantitative estimate of drug-likeness (QED) is 0.474. The van der Waals surface area contributed by atoms with Crippen molar-refractivity contribution >= 4 is 17.3 Å². The molecule has 3 aromatic carbocycles. The van der Waals surface area contributed by atoms with E-state index in [0.29, 0.717) is 11.4 Å². The zero-order valence-corrected chi connectivity index (χ0v) is 18.6. The van der Waals surface area contributed by atoms with E-state index in [1.165, 1.54) is 7.11 Å². The highest BCUT2D eigenvalue weighted by Gasteiger charge is 2.43. The molecule has 1 aliphatic heterocycles. The molecular formula is C26H24N4O3. The third-order valence-corrected chi connectivity index (χ3v) is 5.98. The van der Waals surface area contributed by atoms with Gasteiger partial charge < -0.3 is 14.7 Å². The van der Waals surface area contributed by atoms with Crippen molar-refractivity contribution in [3.8, 4) is 22.8 Å². The standard InChI is InChI=1S/C26H24N4O3/c1-29(2)18-10-12-19(13-11-18)30-25(17-9-14-20(31)21(15-17)33-3)22-23(16-7-5-4-6-8-16)27-28-24(22)26(30)32/h4-15,25,31H,1-3H3,(H,27,28)/t25-/m1/s1. The predicted molar refractivity (Wildman–Crippen MR) is 128 cm³/mol. The summed E-state index contributed by atoms with van der Waals surface area (Å²) in [5.74, 6) is 0.235. The van der Waals surface area contributed by atoms with Crippen LogP contribution < -0.4 is 14.5 Å². The number of ether oxygens (including phenoxy) is 1. The third kappa shape index (κ3) is 3.38. The number of rotatable bonds is 5. The van der Waals surface area contributed by atoms with Crippen LogP contribution in [0.5, 0.6) is 11.5 Å². The fourth-order valence-electron chi connectivity index (χ4n) is 4.32. The van der Waals surface area contributed by atoms with Crippen molar-refractivity contribution in [1.29, 1.82) is 0 Å². The van der Waals surface area contributed by atoms with E-state index in [4.69, 9.17) is 4.74 Å². The van der Waals surface area contributed by atoms with Crippen molar-refractivity contribution in [2.24, 2.45) is 0 Å². The summed E-state index contributed by atoms with van der Waals surface area (Å²) in [4.78, 5) is 17.4. The second-order valence-electron chi connectivity index (χ2n) is 8.15. The number of aromatic amines is 1. The number of benzene rings is 3. The minimum absolute atomic E-state index is 0.0446. The van der Waals surface area contributed by atoms with Gasteiger partial charge in [0.1, 0.15) is 5.69 Å². The zero-order chi connectivity index (χ0) is 23.1. The number of fused-ring (bicyclic) bond motifs is 1. The number of amides is 1. The number of hydrogen-bond donors (Lipinski definition) is 2. The summed E-state index contributed by atoms with van der Waals surface area (Å²) in [5, 5.41) is 17.6. The first-order chi connectivity index (χ1) is 16.0. The first kappa shape index (κ1) is 20.6. The number of carbonyl (C=O) groups is 1. The van der Waals surface area contributed by atoms with Gasteiger partial charge in [-0.15, -0.1) is 0 Å². The Balaban J connectivity index is 1.70. The topological polar surface area (TPSA) is 81.7 Å². The van der Waals surface area contributed by atoms with E-state index in [-0.39, 0.29) is 11.7 Å². The highest BCUT2D eigenvalue weighted by Crippen LogP contribution is 2.46. The largest absolute Gasteiger partial charge is 0.504 e. The summed E-state index contributed by atoms with van der Waals surface area (Å²) in [6, 6.07) is 22.4. The number of nitrogens with one attached hydrogen (secondary N) is 1. The molecule has 1 aliphatic rings. The summed E-state index contributed by atoms with van der Waals surface area (Å²) in [6.07, 6.45) is 0. The molecule has 0 unspecified atom stereocenters. The molecule has 2 N–H and O–H groups in total. The summed E-state index contributed by atoms with van der Waals surface area (Å²) in [6.45, 7) is 0. The Morgan fingerprint density at radius 3 is 2.42 bits per heavy atom. The van der Waals surface area contributed by atoms with Gasteiger partial charge in [0.2, 0.25) is 0 Å². The Bertz CT molecular complexity index is 1310. The smallest absolute Gasteiger partial charge is 0.277 e. The van der Waals surface area contributed by atoms with Gasteiger partial charge in [-0.05, 0) is 42.0 Å². The summed E-state index contributed by atoms with van der Waals surface area (Å²) < 4.78 is 5.36. The molecule has 0 fully saturated rings. The van der Waals surface area contributed by atoms with E-state index in [9.17, 15) is 9.90 Å². The summed E-state index contributed by atoms with van der Waals surface area (Å²) in [7, 11) is 5.46. The average Bonchev–Trinajstić information content (AvgIpc) is 3.39. The second-order valence-corrected chi connectivity index (χ2v) is 8.15. The lowest BCUT2D eigenvalue weighted by atomic mass is 9.95. The van der Waals surface area contributed by atoms with Crippen molar-refractivity contribution in [3.63, 3.8) is 0 Å². The van der Waals surface area contributed by atoms with Gasteiger partial charge >= 0.3 is 0 Å². The van der Waals surface area contributed by atoms with Crippen LogP contribution >= 0.6 is 0 Å². The van der Waals surface area contributed by atoms with Crippen LogP contribution in [0.2, 0.25) is 0 Å². The van der Waals surface area contributed by atoms with Crippen molar-refractivity contribution in [2.75, 3.05) is 31.0 Å². The Morgan fingerprint density at radius 2 is 1.76 bits per heavy atom. The SMILES string of the molecule is COc1cc([C@@H]2c3c(-c4ccccc4)n[nH]c3C(=O)N2c2ccc(N(C)C)cc2)ccc1O. The highest BCUT2D eigenvalue weighted by molar-refractivity contribution is 6.11. The predicted octanol–water partition coefficient (Wildman–Crippen LogP) is 4.61. The van der Waals surface area contributed by atoms with Crippen LogP contribution in [0, 0.1) is 0 Å². The Morgan fingerprint density at radius 1 is 1.03 bits per heavy atom. The number of methoxy groups -OCH3 is 1. The summed E-state index contributed by atoms with van der Waals surface area (Å²) in [5.41, 5.74) is 5.53. The van der Waals surface area contributed by atoms with Gasteiger partial charge in [-0.1, -0.05) is 36.4 Å². The third-order valence-electron chi connectivity index (χ3n) is 5.98. The molecule has 0 aliphatic carbocycles. The van der Waals surface area contributed by atoms with Crippen molar-refractivity contribution in [3.05, 3.63) is 89.6 Å². The number of aromatic nitrogens is 2. The second kappa shape index (κ2) is 8.02. The monoisotopic (exact) mass is 440 g/mol. The van der Waals surface area contributed by atoms with E-state index in [1.807, 2.05) is 79.7 Å². The molecule has 0 radical (unpaired) electrons. The Kier molecular flexibility index (Phi) is 5.01. The van der Waals surface area contributed by atoms with Crippen molar-refractivity contribution in [2.45, 2.75) is 6.04 Å². The molecule has 1 amide bonds.